The first-order chi connectivity index (χ1) is 17.3. The molecule has 0 atom stereocenters. The Morgan fingerprint density at radius 2 is 1.97 bits per heavy atom. The van der Waals surface area contributed by atoms with Crippen molar-refractivity contribution in [2.24, 2.45) is 5.92 Å². The van der Waals surface area contributed by atoms with E-state index < -0.39 is 11.6 Å². The molecule has 9 nitrogen and oxygen atoms in total. The summed E-state index contributed by atoms with van der Waals surface area (Å²) in [5, 5.41) is 10.2. The number of halogens is 2. The number of H-pyrrole nitrogens is 1. The van der Waals surface area contributed by atoms with Gasteiger partial charge in [0.05, 0.1) is 11.1 Å². The molecule has 5 aromatic rings. The second kappa shape index (κ2) is 9.25. The molecule has 184 valence electrons. The Morgan fingerprint density at radius 1 is 1.19 bits per heavy atom. The van der Waals surface area contributed by atoms with Crippen LogP contribution in [0.15, 0.2) is 48.9 Å². The smallest absolute Gasteiger partial charge is 0.253 e. The zero-order valence-corrected chi connectivity index (χ0v) is 19.6. The van der Waals surface area contributed by atoms with Crippen molar-refractivity contribution >= 4 is 39.9 Å². The van der Waals surface area contributed by atoms with E-state index in [1.165, 1.54) is 12.4 Å². The third-order valence-electron chi connectivity index (χ3n) is 5.80. The fourth-order valence-corrected chi connectivity index (χ4v) is 4.03. The van der Waals surface area contributed by atoms with Crippen LogP contribution in [0.5, 0.6) is 0 Å². The number of hydrogen-bond donors (Lipinski definition) is 4. The molecular formula is C25H24F2N8O. The van der Waals surface area contributed by atoms with Gasteiger partial charge in [0.15, 0.2) is 11.6 Å². The number of anilines is 3. The summed E-state index contributed by atoms with van der Waals surface area (Å²) in [6.45, 7) is 4.74. The first kappa shape index (κ1) is 23.2. The number of amides is 1. The van der Waals surface area contributed by atoms with Crippen LogP contribution in [-0.2, 0) is 0 Å². The van der Waals surface area contributed by atoms with Gasteiger partial charge in [-0.15, -0.1) is 0 Å². The van der Waals surface area contributed by atoms with E-state index in [0.29, 0.717) is 34.8 Å². The topological polar surface area (TPSA) is 126 Å². The van der Waals surface area contributed by atoms with Crippen molar-refractivity contribution in [3.63, 3.8) is 0 Å². The van der Waals surface area contributed by atoms with E-state index in [1.807, 2.05) is 12.1 Å². The van der Waals surface area contributed by atoms with E-state index in [1.54, 1.807) is 22.8 Å². The lowest BCUT2D eigenvalue weighted by atomic mass is 10.0. The third kappa shape index (κ3) is 4.42. The minimum Gasteiger partial charge on any atom is -0.382 e. The highest BCUT2D eigenvalue weighted by Crippen LogP contribution is 2.33. The van der Waals surface area contributed by atoms with Crippen LogP contribution in [0.1, 0.15) is 30.6 Å². The Hall–Kier alpha value is -4.54. The molecule has 0 saturated heterocycles. The van der Waals surface area contributed by atoms with Crippen molar-refractivity contribution in [1.29, 1.82) is 0 Å². The second-order valence-electron chi connectivity index (χ2n) is 8.87. The highest BCUT2D eigenvalue weighted by molar-refractivity contribution is 6.07. The zero-order valence-electron chi connectivity index (χ0n) is 19.6. The summed E-state index contributed by atoms with van der Waals surface area (Å²) in [6.07, 6.45) is 3.83. The Balaban J connectivity index is 1.47. The van der Waals surface area contributed by atoms with Crippen molar-refractivity contribution in [1.82, 2.24) is 29.9 Å². The number of nitrogens with zero attached hydrogens (tertiary/aromatic N) is 4. The van der Waals surface area contributed by atoms with Gasteiger partial charge in [0.2, 0.25) is 5.95 Å². The number of fused-ring (bicyclic) bond motifs is 2. The fraction of sp³-hybridized carbons (Fsp3) is 0.200. The van der Waals surface area contributed by atoms with Gasteiger partial charge in [-0.05, 0) is 36.1 Å². The normalized spacial score (nSPS) is 11.5. The van der Waals surface area contributed by atoms with Gasteiger partial charge in [-0.2, -0.15) is 5.10 Å². The van der Waals surface area contributed by atoms with Gasteiger partial charge in [0.25, 0.3) is 5.91 Å². The molecule has 0 bridgehead atoms. The average Bonchev–Trinajstić information content (AvgIpc) is 3.42. The number of hydrogen-bond acceptors (Lipinski definition) is 6. The number of nitrogens with two attached hydrogens (primary N) is 1. The van der Waals surface area contributed by atoms with Crippen LogP contribution in [0.3, 0.4) is 0 Å². The summed E-state index contributed by atoms with van der Waals surface area (Å²) in [6, 6.07) is 9.16. The molecule has 5 N–H and O–H groups in total. The predicted octanol–water partition coefficient (Wildman–Crippen LogP) is 4.65. The Labute approximate surface area is 204 Å². The molecule has 5 rings (SSSR count). The number of carbonyl (C=O) groups is 1. The van der Waals surface area contributed by atoms with Crippen molar-refractivity contribution in [3.05, 3.63) is 66.1 Å². The van der Waals surface area contributed by atoms with Crippen molar-refractivity contribution in [3.8, 4) is 11.1 Å². The monoisotopic (exact) mass is 490 g/mol. The number of nitrogen functional groups attached to an aromatic ring is 1. The van der Waals surface area contributed by atoms with Gasteiger partial charge < -0.3 is 21.4 Å². The van der Waals surface area contributed by atoms with Crippen LogP contribution in [0, 0.1) is 17.6 Å². The Bertz CT molecular complexity index is 1570. The molecule has 0 radical (unpaired) electrons. The first-order valence-corrected chi connectivity index (χ1v) is 11.4. The van der Waals surface area contributed by atoms with Gasteiger partial charge in [0, 0.05) is 30.1 Å². The summed E-state index contributed by atoms with van der Waals surface area (Å²) in [4.78, 5) is 24.2. The zero-order chi connectivity index (χ0) is 25.4. The maximum Gasteiger partial charge on any atom is 0.253 e. The highest BCUT2D eigenvalue weighted by atomic mass is 19.1. The van der Waals surface area contributed by atoms with E-state index in [9.17, 15) is 13.6 Å². The Morgan fingerprint density at radius 3 is 2.72 bits per heavy atom. The maximum absolute atomic E-state index is 14.0. The quantitative estimate of drug-likeness (QED) is 0.263. The molecule has 11 heteroatoms. The summed E-state index contributed by atoms with van der Waals surface area (Å²) in [5.41, 5.74) is 9.40. The molecule has 36 heavy (non-hydrogen) atoms. The number of imidazole rings is 1. The summed E-state index contributed by atoms with van der Waals surface area (Å²) in [7, 11) is 0. The average molecular weight is 491 g/mol. The van der Waals surface area contributed by atoms with Gasteiger partial charge in [-0.25, -0.2) is 23.3 Å². The first-order valence-electron chi connectivity index (χ1n) is 11.4. The number of nitrogens with one attached hydrogen (secondary N) is 3. The highest BCUT2D eigenvalue weighted by Gasteiger charge is 2.21. The number of aromatic amines is 1. The van der Waals surface area contributed by atoms with Crippen LogP contribution in [0.4, 0.5) is 26.2 Å². The second-order valence-corrected chi connectivity index (χ2v) is 8.87. The lowest BCUT2D eigenvalue weighted by Crippen LogP contribution is -2.25. The van der Waals surface area contributed by atoms with Crippen LogP contribution in [0.25, 0.3) is 27.7 Å². The molecule has 0 fully saturated rings. The number of rotatable bonds is 7. The molecule has 0 aliphatic heterocycles. The summed E-state index contributed by atoms with van der Waals surface area (Å²) >= 11 is 0. The minimum absolute atomic E-state index is 0.0411. The predicted molar refractivity (Wildman–Crippen MR) is 134 cm³/mol. The molecule has 0 unspecified atom stereocenters. The fourth-order valence-electron chi connectivity index (χ4n) is 4.03. The van der Waals surface area contributed by atoms with E-state index in [0.717, 1.165) is 18.1 Å². The SMILES string of the molecule is CC(C)CCNC(=O)c1cn2ncnc(N)c2c1-c1ccc(Nc2nc3c(F)cc(F)cc3[nH]2)cc1. The van der Waals surface area contributed by atoms with Crippen molar-refractivity contribution in [2.45, 2.75) is 20.3 Å². The van der Waals surface area contributed by atoms with Gasteiger partial charge in [-0.3, -0.25) is 4.79 Å². The number of aromatic nitrogens is 5. The van der Waals surface area contributed by atoms with Crippen LogP contribution in [-0.4, -0.2) is 37.0 Å². The summed E-state index contributed by atoms with van der Waals surface area (Å²) in [5.74, 6) is -0.689. The molecule has 0 spiro atoms. The van der Waals surface area contributed by atoms with Crippen molar-refractivity contribution in [2.75, 3.05) is 17.6 Å². The lowest BCUT2D eigenvalue weighted by Gasteiger charge is -2.10. The van der Waals surface area contributed by atoms with E-state index in [2.05, 4.69) is 44.5 Å². The van der Waals surface area contributed by atoms with E-state index in [-0.39, 0.29) is 28.7 Å². The number of benzene rings is 2. The van der Waals surface area contributed by atoms with Crippen LogP contribution >= 0.6 is 0 Å². The molecule has 3 heterocycles. The Kier molecular flexibility index (Phi) is 5.96. The van der Waals surface area contributed by atoms with E-state index in [4.69, 9.17) is 5.73 Å². The van der Waals surface area contributed by atoms with Gasteiger partial charge >= 0.3 is 0 Å². The molecule has 0 saturated carbocycles. The summed E-state index contributed by atoms with van der Waals surface area (Å²) < 4.78 is 29.0. The molecule has 0 aliphatic rings. The maximum atomic E-state index is 14.0. The van der Waals surface area contributed by atoms with Crippen LogP contribution < -0.4 is 16.4 Å². The third-order valence-corrected chi connectivity index (χ3v) is 5.80. The molecule has 2 aromatic carbocycles. The molecule has 3 aromatic heterocycles. The lowest BCUT2D eigenvalue weighted by molar-refractivity contribution is 0.0952. The van der Waals surface area contributed by atoms with Crippen molar-refractivity contribution < 1.29 is 13.6 Å². The van der Waals surface area contributed by atoms with Gasteiger partial charge in [-0.1, -0.05) is 26.0 Å². The van der Waals surface area contributed by atoms with E-state index >= 15 is 0 Å². The van der Waals surface area contributed by atoms with Gasteiger partial charge in [0.1, 0.15) is 23.2 Å². The molecular weight excluding hydrogens is 466 g/mol. The minimum atomic E-state index is -0.746. The molecule has 0 aliphatic carbocycles. The largest absolute Gasteiger partial charge is 0.382 e. The standard InChI is InChI=1S/C25H24F2N8O/c1-13(2)7-8-29-24(36)17-11-35-22(23(28)30-12-31-35)20(17)14-3-5-16(6-4-14)32-25-33-19-10-15(26)9-18(27)21(19)34-25/h3-6,9-13H,7-8H2,1-2H3,(H,29,36)(H2,28,30,31)(H2,32,33,34). The van der Waals surface area contributed by atoms with Crippen LogP contribution in [0.2, 0.25) is 0 Å². The number of carbonyl (C=O) groups excluding carboxylic acids is 1. The molecule has 1 amide bonds.